The fourth-order valence-corrected chi connectivity index (χ4v) is 2.80. The standard InChI is InChI=1S/C19H16BrNO3/c20-11-3-4-12-24-15-9-7-14(8-10-15)13-21-18(22)16-5-1-2-6-17(16)19(21)23/h1-10H,11-13H2/b4-3+. The zero-order valence-corrected chi connectivity index (χ0v) is 14.5. The first-order valence-corrected chi connectivity index (χ1v) is 8.71. The van der Waals surface area contributed by atoms with Crippen molar-refractivity contribution in [3.8, 4) is 5.75 Å². The number of amides is 2. The molecular formula is C19H16BrNO3. The van der Waals surface area contributed by atoms with E-state index in [-0.39, 0.29) is 18.4 Å². The molecular weight excluding hydrogens is 370 g/mol. The van der Waals surface area contributed by atoms with E-state index in [1.165, 1.54) is 4.90 Å². The number of imide groups is 1. The van der Waals surface area contributed by atoms with Crippen molar-refractivity contribution in [3.63, 3.8) is 0 Å². The molecule has 2 amide bonds. The average Bonchev–Trinajstić information content (AvgIpc) is 2.85. The van der Waals surface area contributed by atoms with E-state index in [0.717, 1.165) is 16.6 Å². The van der Waals surface area contributed by atoms with Crippen LogP contribution < -0.4 is 4.74 Å². The number of alkyl halides is 1. The third kappa shape index (κ3) is 3.41. The molecule has 0 unspecified atom stereocenters. The number of hydrogen-bond donors (Lipinski definition) is 0. The van der Waals surface area contributed by atoms with Crippen molar-refractivity contribution >= 4 is 27.7 Å². The number of rotatable bonds is 6. The zero-order chi connectivity index (χ0) is 16.9. The van der Waals surface area contributed by atoms with E-state index < -0.39 is 0 Å². The Morgan fingerprint density at radius 3 is 2.12 bits per heavy atom. The van der Waals surface area contributed by atoms with Crippen LogP contribution in [0.2, 0.25) is 0 Å². The molecule has 0 aliphatic carbocycles. The van der Waals surface area contributed by atoms with Crippen LogP contribution in [-0.4, -0.2) is 28.7 Å². The van der Waals surface area contributed by atoms with Gasteiger partial charge in [-0.05, 0) is 29.8 Å². The van der Waals surface area contributed by atoms with Gasteiger partial charge in [-0.1, -0.05) is 52.3 Å². The highest BCUT2D eigenvalue weighted by molar-refractivity contribution is 9.09. The lowest BCUT2D eigenvalue weighted by Crippen LogP contribution is -2.29. The van der Waals surface area contributed by atoms with Crippen molar-refractivity contribution in [1.82, 2.24) is 4.90 Å². The smallest absolute Gasteiger partial charge is 0.261 e. The maximum Gasteiger partial charge on any atom is 0.261 e. The van der Waals surface area contributed by atoms with E-state index in [4.69, 9.17) is 4.74 Å². The summed E-state index contributed by atoms with van der Waals surface area (Å²) in [4.78, 5) is 26.0. The number of allylic oxidation sites excluding steroid dienone is 1. The third-order valence-corrected chi connectivity index (χ3v) is 4.12. The van der Waals surface area contributed by atoms with Crippen molar-refractivity contribution < 1.29 is 14.3 Å². The molecule has 24 heavy (non-hydrogen) atoms. The number of carbonyl (C=O) groups is 2. The minimum atomic E-state index is -0.240. The molecule has 0 spiro atoms. The van der Waals surface area contributed by atoms with Gasteiger partial charge in [-0.15, -0.1) is 0 Å². The highest BCUT2D eigenvalue weighted by Gasteiger charge is 2.34. The van der Waals surface area contributed by atoms with Gasteiger partial charge in [-0.2, -0.15) is 0 Å². The monoisotopic (exact) mass is 385 g/mol. The first kappa shape index (κ1) is 16.5. The number of fused-ring (bicyclic) bond motifs is 1. The highest BCUT2D eigenvalue weighted by atomic mass is 79.9. The molecule has 0 fully saturated rings. The lowest BCUT2D eigenvalue weighted by Gasteiger charge is -2.14. The minimum Gasteiger partial charge on any atom is -0.490 e. The maximum atomic E-state index is 12.4. The van der Waals surface area contributed by atoms with Gasteiger partial charge < -0.3 is 4.74 Å². The molecule has 1 aliphatic rings. The largest absolute Gasteiger partial charge is 0.490 e. The number of halogens is 1. The van der Waals surface area contributed by atoms with Crippen LogP contribution in [0, 0.1) is 0 Å². The van der Waals surface area contributed by atoms with Crippen LogP contribution in [0.15, 0.2) is 60.7 Å². The minimum absolute atomic E-state index is 0.240. The molecule has 0 atom stereocenters. The SMILES string of the molecule is O=C1c2ccccc2C(=O)N1Cc1ccc(OC/C=C/CBr)cc1. The van der Waals surface area contributed by atoms with Crippen LogP contribution in [0.5, 0.6) is 5.75 Å². The molecule has 0 saturated carbocycles. The van der Waals surface area contributed by atoms with Crippen LogP contribution in [-0.2, 0) is 6.54 Å². The molecule has 0 N–H and O–H groups in total. The summed E-state index contributed by atoms with van der Waals surface area (Å²) >= 11 is 3.31. The number of nitrogens with zero attached hydrogens (tertiary/aromatic N) is 1. The second-order valence-corrected chi connectivity index (χ2v) is 5.97. The van der Waals surface area contributed by atoms with Crippen LogP contribution in [0.25, 0.3) is 0 Å². The predicted molar refractivity (Wildman–Crippen MR) is 95.5 cm³/mol. The van der Waals surface area contributed by atoms with E-state index >= 15 is 0 Å². The Morgan fingerprint density at radius 2 is 1.54 bits per heavy atom. The second kappa shape index (κ2) is 7.45. The molecule has 5 heteroatoms. The molecule has 1 heterocycles. The summed E-state index contributed by atoms with van der Waals surface area (Å²) in [5.41, 5.74) is 1.83. The molecule has 3 rings (SSSR count). The summed E-state index contributed by atoms with van der Waals surface area (Å²) in [5, 5.41) is 0.801. The van der Waals surface area contributed by atoms with Crippen molar-refractivity contribution in [1.29, 1.82) is 0 Å². The van der Waals surface area contributed by atoms with Gasteiger partial charge in [0.1, 0.15) is 12.4 Å². The van der Waals surface area contributed by atoms with Gasteiger partial charge in [0.15, 0.2) is 0 Å². The summed E-state index contributed by atoms with van der Waals surface area (Å²) in [5.74, 6) is 0.270. The lowest BCUT2D eigenvalue weighted by molar-refractivity contribution is 0.0642. The third-order valence-electron chi connectivity index (χ3n) is 3.74. The number of benzene rings is 2. The molecule has 2 aromatic carbocycles. The molecule has 2 aromatic rings. The highest BCUT2D eigenvalue weighted by Crippen LogP contribution is 2.24. The van der Waals surface area contributed by atoms with E-state index in [0.29, 0.717) is 17.7 Å². The van der Waals surface area contributed by atoms with Gasteiger partial charge in [-0.25, -0.2) is 0 Å². The van der Waals surface area contributed by atoms with Gasteiger partial charge in [0.2, 0.25) is 0 Å². The van der Waals surface area contributed by atoms with E-state index in [2.05, 4.69) is 15.9 Å². The number of ether oxygens (including phenoxy) is 1. The van der Waals surface area contributed by atoms with Crippen LogP contribution >= 0.6 is 15.9 Å². The summed E-state index contributed by atoms with van der Waals surface area (Å²) in [6.07, 6.45) is 3.90. The van der Waals surface area contributed by atoms with Crippen LogP contribution in [0.4, 0.5) is 0 Å². The topological polar surface area (TPSA) is 46.6 Å². The fourth-order valence-electron chi connectivity index (χ4n) is 2.53. The second-order valence-electron chi connectivity index (χ2n) is 5.32. The average molecular weight is 386 g/mol. The predicted octanol–water partition coefficient (Wildman–Crippen LogP) is 3.81. The first-order valence-electron chi connectivity index (χ1n) is 7.58. The Hall–Kier alpha value is -2.40. The zero-order valence-electron chi connectivity index (χ0n) is 12.9. The Bertz CT molecular complexity index is 748. The van der Waals surface area contributed by atoms with Crippen LogP contribution in [0.1, 0.15) is 26.3 Å². The summed E-state index contributed by atoms with van der Waals surface area (Å²) in [7, 11) is 0. The summed E-state index contributed by atoms with van der Waals surface area (Å²) < 4.78 is 5.57. The van der Waals surface area contributed by atoms with Crippen molar-refractivity contribution in [2.24, 2.45) is 0 Å². The van der Waals surface area contributed by atoms with Gasteiger partial charge in [0.25, 0.3) is 11.8 Å². The van der Waals surface area contributed by atoms with Crippen LogP contribution in [0.3, 0.4) is 0 Å². The van der Waals surface area contributed by atoms with E-state index in [9.17, 15) is 9.59 Å². The fraction of sp³-hybridized carbons (Fsp3) is 0.158. The number of hydrogen-bond acceptors (Lipinski definition) is 3. The number of carbonyl (C=O) groups excluding carboxylic acids is 2. The lowest BCUT2D eigenvalue weighted by atomic mass is 10.1. The van der Waals surface area contributed by atoms with Crippen molar-refractivity contribution in [2.75, 3.05) is 11.9 Å². The van der Waals surface area contributed by atoms with Crippen molar-refractivity contribution in [3.05, 3.63) is 77.4 Å². The van der Waals surface area contributed by atoms with E-state index in [1.54, 1.807) is 24.3 Å². The quantitative estimate of drug-likeness (QED) is 0.431. The Labute approximate surface area is 148 Å². The Morgan fingerprint density at radius 1 is 0.917 bits per heavy atom. The maximum absolute atomic E-state index is 12.4. The molecule has 0 saturated heterocycles. The molecule has 122 valence electrons. The molecule has 4 nitrogen and oxygen atoms in total. The van der Waals surface area contributed by atoms with Gasteiger partial charge in [0, 0.05) is 5.33 Å². The summed E-state index contributed by atoms with van der Waals surface area (Å²) in [6.45, 7) is 0.763. The van der Waals surface area contributed by atoms with Crippen molar-refractivity contribution in [2.45, 2.75) is 6.54 Å². The normalized spacial score (nSPS) is 13.6. The molecule has 0 radical (unpaired) electrons. The molecule has 0 aromatic heterocycles. The van der Waals surface area contributed by atoms with Gasteiger partial charge in [-0.3, -0.25) is 14.5 Å². The first-order chi connectivity index (χ1) is 11.7. The molecule has 1 aliphatic heterocycles. The van der Waals surface area contributed by atoms with E-state index in [1.807, 2.05) is 36.4 Å². The van der Waals surface area contributed by atoms with Gasteiger partial charge >= 0.3 is 0 Å². The summed E-state index contributed by atoms with van der Waals surface area (Å²) in [6, 6.07) is 14.3. The molecule has 0 bridgehead atoms. The van der Waals surface area contributed by atoms with Gasteiger partial charge in [0.05, 0.1) is 17.7 Å². The Balaban J connectivity index is 1.66. The Kier molecular flexibility index (Phi) is 5.11.